The van der Waals surface area contributed by atoms with Crippen molar-refractivity contribution in [2.24, 2.45) is 0 Å². The number of aromatic nitrogens is 2. The summed E-state index contributed by atoms with van der Waals surface area (Å²) < 4.78 is 18.5. The van der Waals surface area contributed by atoms with Crippen molar-refractivity contribution in [3.8, 4) is 17.2 Å². The van der Waals surface area contributed by atoms with Crippen molar-refractivity contribution in [2.45, 2.75) is 26.2 Å². The molecule has 0 bridgehead atoms. The van der Waals surface area contributed by atoms with Gasteiger partial charge in [-0.05, 0) is 12.1 Å². The Kier molecular flexibility index (Phi) is 2.61. The minimum atomic E-state index is -0.589. The first-order valence-electron chi connectivity index (χ1n) is 5.21. The van der Waals surface area contributed by atoms with Crippen LogP contribution in [0.4, 0.5) is 4.39 Å². The van der Waals surface area contributed by atoms with Crippen molar-refractivity contribution in [1.82, 2.24) is 10.1 Å². The number of hydrogen-bond donors (Lipinski definition) is 1. The molecule has 0 spiro atoms. The molecule has 2 rings (SSSR count). The van der Waals surface area contributed by atoms with Crippen LogP contribution >= 0.6 is 0 Å². The van der Waals surface area contributed by atoms with Gasteiger partial charge in [0, 0.05) is 5.41 Å². The van der Waals surface area contributed by atoms with E-state index in [4.69, 9.17) is 4.52 Å². The highest BCUT2D eigenvalue weighted by atomic mass is 19.1. The van der Waals surface area contributed by atoms with Crippen molar-refractivity contribution in [3.05, 3.63) is 29.8 Å². The SMILES string of the molecule is CC(C)(C)c1noc(-c2c(O)cccc2F)n1. The molecule has 0 unspecified atom stereocenters. The molecule has 1 aromatic carbocycles. The van der Waals surface area contributed by atoms with Crippen molar-refractivity contribution in [2.75, 3.05) is 0 Å². The summed E-state index contributed by atoms with van der Waals surface area (Å²) in [5, 5.41) is 13.4. The van der Waals surface area contributed by atoms with E-state index >= 15 is 0 Å². The van der Waals surface area contributed by atoms with E-state index in [1.165, 1.54) is 18.2 Å². The van der Waals surface area contributed by atoms with Crippen LogP contribution in [-0.2, 0) is 5.41 Å². The Bertz CT molecular complexity index is 523. The van der Waals surface area contributed by atoms with Crippen LogP contribution in [0.3, 0.4) is 0 Å². The van der Waals surface area contributed by atoms with Crippen LogP contribution in [0.15, 0.2) is 22.7 Å². The third kappa shape index (κ3) is 2.13. The monoisotopic (exact) mass is 236 g/mol. The maximum Gasteiger partial charge on any atom is 0.264 e. The number of aromatic hydroxyl groups is 1. The van der Waals surface area contributed by atoms with Gasteiger partial charge in [0.05, 0.1) is 0 Å². The molecule has 0 aliphatic carbocycles. The van der Waals surface area contributed by atoms with Gasteiger partial charge < -0.3 is 9.63 Å². The van der Waals surface area contributed by atoms with Crippen molar-refractivity contribution in [1.29, 1.82) is 0 Å². The predicted molar refractivity (Wildman–Crippen MR) is 60.1 cm³/mol. The average Bonchev–Trinajstić information content (AvgIpc) is 2.65. The van der Waals surface area contributed by atoms with Crippen LogP contribution in [0.2, 0.25) is 0 Å². The molecule has 0 saturated carbocycles. The molecule has 2 aromatic rings. The molecule has 0 atom stereocenters. The standard InChI is InChI=1S/C12H13FN2O2/c1-12(2,3)11-14-10(17-15-11)9-7(13)5-4-6-8(9)16/h4-6,16H,1-3H3. The number of benzene rings is 1. The smallest absolute Gasteiger partial charge is 0.264 e. The van der Waals surface area contributed by atoms with Gasteiger partial charge in [0.25, 0.3) is 5.89 Å². The van der Waals surface area contributed by atoms with Gasteiger partial charge in [0.1, 0.15) is 17.1 Å². The molecule has 0 amide bonds. The number of phenolic OH excluding ortho intramolecular Hbond substituents is 1. The van der Waals surface area contributed by atoms with E-state index in [1.807, 2.05) is 20.8 Å². The second-order valence-electron chi connectivity index (χ2n) is 4.81. The highest BCUT2D eigenvalue weighted by Crippen LogP contribution is 2.31. The van der Waals surface area contributed by atoms with Crippen LogP contribution < -0.4 is 0 Å². The summed E-state index contributed by atoms with van der Waals surface area (Å²) in [5.74, 6) is -0.344. The van der Waals surface area contributed by atoms with Gasteiger partial charge in [-0.2, -0.15) is 4.98 Å². The summed E-state index contributed by atoms with van der Waals surface area (Å²) in [6.07, 6.45) is 0. The molecule has 90 valence electrons. The highest BCUT2D eigenvalue weighted by molar-refractivity contribution is 5.62. The molecule has 0 aliphatic heterocycles. The first-order valence-corrected chi connectivity index (χ1v) is 5.21. The maximum atomic E-state index is 13.6. The van der Waals surface area contributed by atoms with E-state index in [9.17, 15) is 9.50 Å². The Morgan fingerprint density at radius 2 is 2.00 bits per heavy atom. The molecule has 1 aromatic heterocycles. The Labute approximate surface area is 98.1 Å². The first kappa shape index (κ1) is 11.6. The molecule has 5 heteroatoms. The Morgan fingerprint density at radius 3 is 2.53 bits per heavy atom. The summed E-state index contributed by atoms with van der Waals surface area (Å²) in [7, 11) is 0. The number of hydrogen-bond acceptors (Lipinski definition) is 4. The maximum absolute atomic E-state index is 13.6. The van der Waals surface area contributed by atoms with Gasteiger partial charge in [-0.25, -0.2) is 4.39 Å². The lowest BCUT2D eigenvalue weighted by molar-refractivity contribution is 0.397. The number of nitrogens with zero attached hydrogens (tertiary/aromatic N) is 2. The summed E-state index contributed by atoms with van der Waals surface area (Å²) in [6.45, 7) is 5.76. The molecule has 0 aliphatic rings. The summed E-state index contributed by atoms with van der Waals surface area (Å²) in [6, 6.07) is 4.02. The number of phenols is 1. The van der Waals surface area contributed by atoms with Gasteiger partial charge in [0.15, 0.2) is 5.82 Å². The van der Waals surface area contributed by atoms with E-state index < -0.39 is 5.82 Å². The summed E-state index contributed by atoms with van der Waals surface area (Å²) in [5.41, 5.74) is -0.349. The minimum absolute atomic E-state index is 0.00877. The molecule has 1 N–H and O–H groups in total. The molecule has 1 heterocycles. The van der Waals surface area contributed by atoms with Gasteiger partial charge in [0.2, 0.25) is 0 Å². The fourth-order valence-electron chi connectivity index (χ4n) is 1.35. The lowest BCUT2D eigenvalue weighted by Gasteiger charge is -2.10. The number of halogens is 1. The summed E-state index contributed by atoms with van der Waals surface area (Å²) in [4.78, 5) is 4.10. The zero-order valence-corrected chi connectivity index (χ0v) is 9.86. The predicted octanol–water partition coefficient (Wildman–Crippen LogP) is 2.88. The highest BCUT2D eigenvalue weighted by Gasteiger charge is 2.24. The van der Waals surface area contributed by atoms with E-state index in [2.05, 4.69) is 10.1 Å². The molecular formula is C12H13FN2O2. The van der Waals surface area contributed by atoms with E-state index in [1.54, 1.807) is 0 Å². The van der Waals surface area contributed by atoms with Crippen LogP contribution in [-0.4, -0.2) is 15.2 Å². The molecule has 0 fully saturated rings. The quantitative estimate of drug-likeness (QED) is 0.827. The van der Waals surface area contributed by atoms with Gasteiger partial charge in [-0.3, -0.25) is 0 Å². The van der Waals surface area contributed by atoms with Crippen LogP contribution in [0.1, 0.15) is 26.6 Å². The third-order valence-corrected chi connectivity index (χ3v) is 2.30. The zero-order valence-electron chi connectivity index (χ0n) is 9.86. The average molecular weight is 236 g/mol. The largest absolute Gasteiger partial charge is 0.507 e. The molecule has 0 radical (unpaired) electrons. The van der Waals surface area contributed by atoms with Crippen molar-refractivity contribution in [3.63, 3.8) is 0 Å². The number of rotatable bonds is 1. The lowest BCUT2D eigenvalue weighted by atomic mass is 9.96. The first-order chi connectivity index (χ1) is 7.89. The fraction of sp³-hybridized carbons (Fsp3) is 0.333. The van der Waals surface area contributed by atoms with Crippen molar-refractivity contribution >= 4 is 0 Å². The van der Waals surface area contributed by atoms with E-state index in [0.717, 1.165) is 0 Å². The van der Waals surface area contributed by atoms with Crippen LogP contribution in [0.5, 0.6) is 5.75 Å². The van der Waals surface area contributed by atoms with Gasteiger partial charge >= 0.3 is 0 Å². The Morgan fingerprint density at radius 1 is 1.29 bits per heavy atom. The van der Waals surface area contributed by atoms with Crippen molar-refractivity contribution < 1.29 is 14.0 Å². The van der Waals surface area contributed by atoms with Crippen LogP contribution in [0, 0.1) is 5.82 Å². The van der Waals surface area contributed by atoms with E-state index in [-0.39, 0.29) is 22.6 Å². The minimum Gasteiger partial charge on any atom is -0.507 e. The second-order valence-corrected chi connectivity index (χ2v) is 4.81. The molecule has 0 saturated heterocycles. The Hall–Kier alpha value is -1.91. The van der Waals surface area contributed by atoms with E-state index in [0.29, 0.717) is 5.82 Å². The van der Waals surface area contributed by atoms with Gasteiger partial charge in [-0.15, -0.1) is 0 Å². The fourth-order valence-corrected chi connectivity index (χ4v) is 1.35. The Balaban J connectivity index is 2.51. The zero-order chi connectivity index (χ0) is 12.6. The lowest BCUT2D eigenvalue weighted by Crippen LogP contribution is -2.13. The van der Waals surface area contributed by atoms with Gasteiger partial charge in [-0.1, -0.05) is 32.0 Å². The third-order valence-electron chi connectivity index (χ3n) is 2.30. The summed E-state index contributed by atoms with van der Waals surface area (Å²) >= 11 is 0. The molecule has 17 heavy (non-hydrogen) atoms. The second kappa shape index (κ2) is 3.84. The molecular weight excluding hydrogens is 223 g/mol. The topological polar surface area (TPSA) is 59.2 Å². The van der Waals surface area contributed by atoms with Crippen LogP contribution in [0.25, 0.3) is 11.5 Å². The normalized spacial score (nSPS) is 11.8. The molecule has 4 nitrogen and oxygen atoms in total.